The van der Waals surface area contributed by atoms with Crippen LogP contribution in [0.3, 0.4) is 0 Å². The van der Waals surface area contributed by atoms with Crippen LogP contribution in [0.25, 0.3) is 0 Å². The number of rotatable bonds is 2. The number of thiol groups is 1. The molecule has 0 saturated heterocycles. The fourth-order valence-electron chi connectivity index (χ4n) is 1.60. The zero-order valence-corrected chi connectivity index (χ0v) is 11.6. The van der Waals surface area contributed by atoms with E-state index < -0.39 is 0 Å². The molecule has 2 rings (SSSR count). The molecule has 0 aliphatic carbocycles. The van der Waals surface area contributed by atoms with Gasteiger partial charge in [-0.15, -0.1) is 12.6 Å². The van der Waals surface area contributed by atoms with Crippen LogP contribution < -0.4 is 5.32 Å². The first-order chi connectivity index (χ1) is 8.47. The van der Waals surface area contributed by atoms with Crippen molar-refractivity contribution in [2.24, 2.45) is 7.05 Å². The van der Waals surface area contributed by atoms with Gasteiger partial charge in [0.25, 0.3) is 5.91 Å². The molecule has 1 amide bonds. The van der Waals surface area contributed by atoms with Crippen molar-refractivity contribution in [2.75, 3.05) is 5.32 Å². The van der Waals surface area contributed by atoms with Crippen LogP contribution in [0.5, 0.6) is 0 Å². The third-order valence-electron chi connectivity index (χ3n) is 2.46. The lowest BCUT2D eigenvalue weighted by Crippen LogP contribution is -2.12. The Balaban J connectivity index is 2.27. The molecule has 0 bridgehead atoms. The third-order valence-corrected chi connectivity index (χ3v) is 3.06. The van der Waals surface area contributed by atoms with Gasteiger partial charge in [0.1, 0.15) is 0 Å². The highest BCUT2D eigenvalue weighted by molar-refractivity contribution is 7.80. The van der Waals surface area contributed by atoms with Crippen LogP contribution >= 0.6 is 24.2 Å². The Morgan fingerprint density at radius 1 is 1.50 bits per heavy atom. The van der Waals surface area contributed by atoms with Crippen LogP contribution in [-0.2, 0) is 7.05 Å². The van der Waals surface area contributed by atoms with Crippen LogP contribution in [0.4, 0.5) is 5.69 Å². The van der Waals surface area contributed by atoms with Gasteiger partial charge in [0.15, 0.2) is 0 Å². The number of hydrogen-bond acceptors (Lipinski definition) is 3. The summed E-state index contributed by atoms with van der Waals surface area (Å²) in [7, 11) is 1.80. The quantitative estimate of drug-likeness (QED) is 0.832. The molecule has 4 nitrogen and oxygen atoms in total. The zero-order valence-electron chi connectivity index (χ0n) is 9.94. The molecule has 0 aliphatic heterocycles. The number of anilines is 1. The molecule has 94 valence electrons. The Bertz CT molecular complexity index is 609. The SMILES string of the molecule is Cc1nn(C)cc1NC(=O)c1cc(S)ccc1Cl. The summed E-state index contributed by atoms with van der Waals surface area (Å²) in [5, 5.41) is 7.32. The second-order valence-electron chi connectivity index (χ2n) is 3.92. The predicted molar refractivity (Wildman–Crippen MR) is 74.6 cm³/mol. The van der Waals surface area contributed by atoms with Gasteiger partial charge < -0.3 is 5.32 Å². The molecule has 0 unspecified atom stereocenters. The Morgan fingerprint density at radius 2 is 2.22 bits per heavy atom. The molecule has 6 heteroatoms. The monoisotopic (exact) mass is 281 g/mol. The van der Waals surface area contributed by atoms with E-state index in [1.807, 2.05) is 6.92 Å². The molecule has 0 fully saturated rings. The molecule has 0 spiro atoms. The Labute approximate surface area is 115 Å². The summed E-state index contributed by atoms with van der Waals surface area (Å²) in [5.74, 6) is -0.271. The van der Waals surface area contributed by atoms with E-state index in [-0.39, 0.29) is 5.91 Å². The molecule has 2 aromatic rings. The lowest BCUT2D eigenvalue weighted by atomic mass is 10.2. The molecule has 0 radical (unpaired) electrons. The lowest BCUT2D eigenvalue weighted by molar-refractivity contribution is 0.102. The average Bonchev–Trinajstić information content (AvgIpc) is 2.61. The minimum absolute atomic E-state index is 0.271. The van der Waals surface area contributed by atoms with Crippen LogP contribution in [0, 0.1) is 6.92 Å². The van der Waals surface area contributed by atoms with Crippen molar-refractivity contribution in [1.29, 1.82) is 0 Å². The van der Waals surface area contributed by atoms with Gasteiger partial charge in [-0.05, 0) is 25.1 Å². The van der Waals surface area contributed by atoms with Gasteiger partial charge in [-0.1, -0.05) is 11.6 Å². The van der Waals surface area contributed by atoms with Crippen molar-refractivity contribution in [3.8, 4) is 0 Å². The molecule has 1 heterocycles. The summed E-state index contributed by atoms with van der Waals surface area (Å²) in [6.45, 7) is 1.83. The minimum atomic E-state index is -0.271. The topological polar surface area (TPSA) is 46.9 Å². The summed E-state index contributed by atoms with van der Waals surface area (Å²) >= 11 is 10.2. The first kappa shape index (κ1) is 13.0. The number of carbonyl (C=O) groups is 1. The predicted octanol–water partition coefficient (Wildman–Crippen LogP) is 2.92. The van der Waals surface area contributed by atoms with E-state index in [0.717, 1.165) is 5.69 Å². The van der Waals surface area contributed by atoms with Crippen LogP contribution in [0.2, 0.25) is 5.02 Å². The van der Waals surface area contributed by atoms with Gasteiger partial charge in [-0.2, -0.15) is 5.10 Å². The molecule has 0 atom stereocenters. The number of carbonyl (C=O) groups excluding carboxylic acids is 1. The Hall–Kier alpha value is -1.46. The lowest BCUT2D eigenvalue weighted by Gasteiger charge is -2.06. The maximum atomic E-state index is 12.1. The number of benzene rings is 1. The van der Waals surface area contributed by atoms with Gasteiger partial charge in [0.2, 0.25) is 0 Å². The third kappa shape index (κ3) is 2.68. The van der Waals surface area contributed by atoms with E-state index in [9.17, 15) is 4.79 Å². The summed E-state index contributed by atoms with van der Waals surface area (Å²) < 4.78 is 1.64. The first-order valence-electron chi connectivity index (χ1n) is 5.27. The second kappa shape index (κ2) is 5.04. The van der Waals surface area contributed by atoms with E-state index >= 15 is 0 Å². The Kier molecular flexibility index (Phi) is 3.63. The molecule has 0 aliphatic rings. The standard InChI is InChI=1S/C12H12ClN3OS/c1-7-11(6-16(2)15-7)14-12(17)9-5-8(18)3-4-10(9)13/h3-6,18H,1-2H3,(H,14,17). The fourth-order valence-corrected chi connectivity index (χ4v) is 2.01. The number of aryl methyl sites for hydroxylation is 2. The summed E-state index contributed by atoms with van der Waals surface area (Å²) in [6, 6.07) is 5.01. The van der Waals surface area contributed by atoms with Crippen molar-refractivity contribution in [3.63, 3.8) is 0 Å². The number of nitrogens with one attached hydrogen (secondary N) is 1. The molecule has 0 saturated carbocycles. The maximum absolute atomic E-state index is 12.1. The van der Waals surface area contributed by atoms with Crippen LogP contribution in [0.1, 0.15) is 16.1 Å². The second-order valence-corrected chi connectivity index (χ2v) is 4.84. The highest BCUT2D eigenvalue weighted by atomic mass is 35.5. The maximum Gasteiger partial charge on any atom is 0.257 e. The summed E-state index contributed by atoms with van der Waals surface area (Å²) in [5.41, 5.74) is 1.82. The van der Waals surface area contributed by atoms with Crippen molar-refractivity contribution >= 4 is 35.8 Å². The highest BCUT2D eigenvalue weighted by Gasteiger charge is 2.13. The normalized spacial score (nSPS) is 10.4. The largest absolute Gasteiger partial charge is 0.319 e. The minimum Gasteiger partial charge on any atom is -0.319 e. The number of nitrogens with zero attached hydrogens (tertiary/aromatic N) is 2. The first-order valence-corrected chi connectivity index (χ1v) is 6.10. The van der Waals surface area contributed by atoms with Crippen LogP contribution in [0.15, 0.2) is 29.3 Å². The molecule has 1 aromatic carbocycles. The smallest absolute Gasteiger partial charge is 0.257 e. The average molecular weight is 282 g/mol. The van der Waals surface area contributed by atoms with E-state index in [4.69, 9.17) is 11.6 Å². The van der Waals surface area contributed by atoms with Crippen molar-refractivity contribution in [1.82, 2.24) is 9.78 Å². The van der Waals surface area contributed by atoms with Crippen molar-refractivity contribution in [2.45, 2.75) is 11.8 Å². The van der Waals surface area contributed by atoms with Gasteiger partial charge in [-0.25, -0.2) is 0 Å². The Morgan fingerprint density at radius 3 is 2.83 bits per heavy atom. The number of amides is 1. The molecular weight excluding hydrogens is 270 g/mol. The van der Waals surface area contributed by atoms with Crippen molar-refractivity contribution < 1.29 is 4.79 Å². The number of halogens is 1. The van der Waals surface area contributed by atoms with Gasteiger partial charge in [0.05, 0.1) is 22.0 Å². The van der Waals surface area contributed by atoms with E-state index in [2.05, 4.69) is 23.0 Å². The van der Waals surface area contributed by atoms with Gasteiger partial charge in [0, 0.05) is 18.1 Å². The van der Waals surface area contributed by atoms with Gasteiger partial charge in [-0.3, -0.25) is 9.48 Å². The number of aromatic nitrogens is 2. The highest BCUT2D eigenvalue weighted by Crippen LogP contribution is 2.21. The summed E-state index contributed by atoms with van der Waals surface area (Å²) in [4.78, 5) is 12.8. The van der Waals surface area contributed by atoms with Crippen molar-refractivity contribution in [3.05, 3.63) is 40.7 Å². The van der Waals surface area contributed by atoms with E-state index in [0.29, 0.717) is 21.2 Å². The van der Waals surface area contributed by atoms with Crippen LogP contribution in [-0.4, -0.2) is 15.7 Å². The number of hydrogen-bond donors (Lipinski definition) is 2. The zero-order chi connectivity index (χ0) is 13.3. The molecular formula is C12H12ClN3OS. The van der Waals surface area contributed by atoms with E-state index in [1.54, 1.807) is 36.1 Å². The van der Waals surface area contributed by atoms with Gasteiger partial charge >= 0.3 is 0 Å². The van der Waals surface area contributed by atoms with E-state index in [1.165, 1.54) is 0 Å². The molecule has 1 N–H and O–H groups in total. The molecule has 1 aromatic heterocycles. The fraction of sp³-hybridized carbons (Fsp3) is 0.167. The molecule has 18 heavy (non-hydrogen) atoms. The summed E-state index contributed by atoms with van der Waals surface area (Å²) in [6.07, 6.45) is 1.74.